The summed E-state index contributed by atoms with van der Waals surface area (Å²) >= 11 is 0. The van der Waals surface area contributed by atoms with E-state index in [2.05, 4.69) is 52.5 Å². The molecule has 2 aliphatic heterocycles. The number of ether oxygens (including phenoxy) is 1. The van der Waals surface area contributed by atoms with Crippen LogP contribution in [0.2, 0.25) is 0 Å². The molecule has 132 valence electrons. The van der Waals surface area contributed by atoms with Gasteiger partial charge in [0.2, 0.25) is 0 Å². The van der Waals surface area contributed by atoms with Gasteiger partial charge in [-0.15, -0.1) is 0 Å². The molecule has 2 aliphatic rings. The van der Waals surface area contributed by atoms with Crippen molar-refractivity contribution in [1.82, 2.24) is 15.2 Å². The summed E-state index contributed by atoms with van der Waals surface area (Å²) in [6.45, 7) is 6.50. The van der Waals surface area contributed by atoms with Crippen LogP contribution in [0, 0.1) is 5.92 Å². The second-order valence-electron chi connectivity index (χ2n) is 7.39. The summed E-state index contributed by atoms with van der Waals surface area (Å²) < 4.78 is 6.05. The number of rotatable bonds is 5. The molecule has 1 saturated heterocycles. The van der Waals surface area contributed by atoms with Gasteiger partial charge in [0, 0.05) is 44.8 Å². The van der Waals surface area contributed by atoms with Gasteiger partial charge in [0.1, 0.15) is 11.9 Å². The summed E-state index contributed by atoms with van der Waals surface area (Å²) in [5.41, 5.74) is 2.51. The SMILES string of the molecule is C[C@@H]1CN(Cc2ccccn2)CC[C@H]1NC[C@@H]1Cc2ccccc2O1. The zero-order valence-corrected chi connectivity index (χ0v) is 14.9. The Balaban J connectivity index is 1.24. The van der Waals surface area contributed by atoms with Crippen molar-refractivity contribution >= 4 is 0 Å². The quantitative estimate of drug-likeness (QED) is 0.910. The molecular weight excluding hydrogens is 310 g/mol. The predicted octanol–water partition coefficient (Wildman–Crippen LogP) is 2.89. The van der Waals surface area contributed by atoms with E-state index in [1.807, 2.05) is 18.3 Å². The Morgan fingerprint density at radius 1 is 1.20 bits per heavy atom. The van der Waals surface area contributed by atoms with E-state index in [0.717, 1.165) is 38.3 Å². The van der Waals surface area contributed by atoms with Crippen LogP contribution >= 0.6 is 0 Å². The van der Waals surface area contributed by atoms with E-state index in [0.29, 0.717) is 12.0 Å². The largest absolute Gasteiger partial charge is 0.488 e. The average Bonchev–Trinajstić information content (AvgIpc) is 3.05. The van der Waals surface area contributed by atoms with Crippen molar-refractivity contribution in [3.05, 3.63) is 59.9 Å². The molecule has 1 fully saturated rings. The molecular formula is C21H27N3O. The van der Waals surface area contributed by atoms with E-state index in [4.69, 9.17) is 4.74 Å². The van der Waals surface area contributed by atoms with Crippen LogP contribution in [0.5, 0.6) is 5.75 Å². The van der Waals surface area contributed by atoms with E-state index in [1.54, 1.807) is 0 Å². The highest BCUT2D eigenvalue weighted by Crippen LogP contribution is 2.28. The van der Waals surface area contributed by atoms with Gasteiger partial charge in [-0.25, -0.2) is 0 Å². The summed E-state index contributed by atoms with van der Waals surface area (Å²) in [4.78, 5) is 6.97. The highest BCUT2D eigenvalue weighted by atomic mass is 16.5. The number of benzene rings is 1. The molecule has 1 aromatic heterocycles. The Morgan fingerprint density at radius 3 is 2.88 bits per heavy atom. The van der Waals surface area contributed by atoms with E-state index in [-0.39, 0.29) is 6.10 Å². The van der Waals surface area contributed by atoms with E-state index in [9.17, 15) is 0 Å². The first-order valence-electron chi connectivity index (χ1n) is 9.38. The van der Waals surface area contributed by atoms with Crippen molar-refractivity contribution in [2.45, 2.75) is 38.5 Å². The first-order chi connectivity index (χ1) is 12.3. The van der Waals surface area contributed by atoms with Gasteiger partial charge in [-0.05, 0) is 36.1 Å². The fraction of sp³-hybridized carbons (Fsp3) is 0.476. The summed E-state index contributed by atoms with van der Waals surface area (Å²) in [5.74, 6) is 1.70. The van der Waals surface area contributed by atoms with Crippen LogP contribution in [-0.2, 0) is 13.0 Å². The summed E-state index contributed by atoms with van der Waals surface area (Å²) in [5, 5.41) is 3.77. The number of likely N-dealkylation sites (tertiary alicyclic amines) is 1. The molecule has 0 spiro atoms. The van der Waals surface area contributed by atoms with E-state index in [1.165, 1.54) is 17.7 Å². The first kappa shape index (κ1) is 16.6. The third-order valence-corrected chi connectivity index (χ3v) is 5.42. The number of nitrogens with one attached hydrogen (secondary N) is 1. The number of pyridine rings is 1. The molecule has 0 aliphatic carbocycles. The predicted molar refractivity (Wildman–Crippen MR) is 99.6 cm³/mol. The first-order valence-corrected chi connectivity index (χ1v) is 9.38. The maximum atomic E-state index is 6.05. The zero-order chi connectivity index (χ0) is 17.1. The minimum Gasteiger partial charge on any atom is -0.488 e. The number of hydrogen-bond acceptors (Lipinski definition) is 4. The molecule has 0 bridgehead atoms. The van der Waals surface area contributed by atoms with Crippen molar-refractivity contribution in [2.75, 3.05) is 19.6 Å². The minimum absolute atomic E-state index is 0.274. The Labute approximate surface area is 150 Å². The van der Waals surface area contributed by atoms with E-state index < -0.39 is 0 Å². The van der Waals surface area contributed by atoms with Crippen molar-refractivity contribution in [3.63, 3.8) is 0 Å². The normalized spacial score (nSPS) is 26.2. The highest BCUT2D eigenvalue weighted by Gasteiger charge is 2.28. The summed E-state index contributed by atoms with van der Waals surface area (Å²) in [7, 11) is 0. The van der Waals surface area contributed by atoms with Crippen LogP contribution < -0.4 is 10.1 Å². The van der Waals surface area contributed by atoms with Crippen LogP contribution in [0.25, 0.3) is 0 Å². The third kappa shape index (κ3) is 4.02. The van der Waals surface area contributed by atoms with Crippen molar-refractivity contribution < 1.29 is 4.74 Å². The van der Waals surface area contributed by atoms with Gasteiger partial charge in [0.05, 0.1) is 5.69 Å². The Bertz CT molecular complexity index is 666. The lowest BCUT2D eigenvalue weighted by atomic mass is 9.93. The maximum Gasteiger partial charge on any atom is 0.123 e. The number of piperidine rings is 1. The molecule has 2 aromatic rings. The lowest BCUT2D eigenvalue weighted by Gasteiger charge is -2.37. The summed E-state index contributed by atoms with van der Waals surface area (Å²) in [6, 6.07) is 15.1. The second-order valence-corrected chi connectivity index (χ2v) is 7.39. The fourth-order valence-corrected chi connectivity index (χ4v) is 4.05. The molecule has 0 saturated carbocycles. The monoisotopic (exact) mass is 337 g/mol. The van der Waals surface area contributed by atoms with Gasteiger partial charge in [0.25, 0.3) is 0 Å². The molecule has 4 rings (SSSR count). The number of hydrogen-bond donors (Lipinski definition) is 1. The summed E-state index contributed by atoms with van der Waals surface area (Å²) in [6.07, 6.45) is 4.37. The number of nitrogens with zero attached hydrogens (tertiary/aromatic N) is 2. The number of aromatic nitrogens is 1. The van der Waals surface area contributed by atoms with Gasteiger partial charge in [-0.3, -0.25) is 9.88 Å². The Morgan fingerprint density at radius 2 is 2.08 bits per heavy atom. The molecule has 0 radical (unpaired) electrons. The molecule has 3 atom stereocenters. The molecule has 4 nitrogen and oxygen atoms in total. The second kappa shape index (κ2) is 7.54. The van der Waals surface area contributed by atoms with Crippen molar-refractivity contribution in [3.8, 4) is 5.75 Å². The van der Waals surface area contributed by atoms with Crippen LogP contribution in [0.3, 0.4) is 0 Å². The van der Waals surface area contributed by atoms with Crippen molar-refractivity contribution in [2.24, 2.45) is 5.92 Å². The molecule has 3 heterocycles. The fourth-order valence-electron chi connectivity index (χ4n) is 4.05. The van der Waals surface area contributed by atoms with Crippen LogP contribution in [0.4, 0.5) is 0 Å². The minimum atomic E-state index is 0.274. The molecule has 0 unspecified atom stereocenters. The van der Waals surface area contributed by atoms with Gasteiger partial charge in [-0.1, -0.05) is 31.2 Å². The van der Waals surface area contributed by atoms with Crippen LogP contribution in [0.1, 0.15) is 24.6 Å². The standard InChI is InChI=1S/C21H27N3O/c1-16-14-24(15-18-7-4-5-10-22-18)11-9-20(16)23-13-19-12-17-6-2-3-8-21(17)25-19/h2-8,10,16,19-20,23H,9,11-15H2,1H3/t16-,19+,20-/m1/s1. The number of para-hydroxylation sites is 1. The maximum absolute atomic E-state index is 6.05. The van der Waals surface area contributed by atoms with Crippen LogP contribution in [-0.4, -0.2) is 41.7 Å². The van der Waals surface area contributed by atoms with Gasteiger partial charge in [-0.2, -0.15) is 0 Å². The molecule has 4 heteroatoms. The molecule has 1 N–H and O–H groups in total. The number of fused-ring (bicyclic) bond motifs is 1. The van der Waals surface area contributed by atoms with Gasteiger partial charge >= 0.3 is 0 Å². The third-order valence-electron chi connectivity index (χ3n) is 5.42. The van der Waals surface area contributed by atoms with Gasteiger partial charge in [0.15, 0.2) is 0 Å². The molecule has 0 amide bonds. The Kier molecular flexibility index (Phi) is 4.99. The van der Waals surface area contributed by atoms with E-state index >= 15 is 0 Å². The smallest absolute Gasteiger partial charge is 0.123 e. The van der Waals surface area contributed by atoms with Crippen LogP contribution in [0.15, 0.2) is 48.7 Å². The van der Waals surface area contributed by atoms with Gasteiger partial charge < -0.3 is 10.1 Å². The average molecular weight is 337 g/mol. The Hall–Kier alpha value is -1.91. The molecule has 25 heavy (non-hydrogen) atoms. The highest BCUT2D eigenvalue weighted by molar-refractivity contribution is 5.37. The zero-order valence-electron chi connectivity index (χ0n) is 14.9. The lowest BCUT2D eigenvalue weighted by Crippen LogP contribution is -2.50. The van der Waals surface area contributed by atoms with Crippen molar-refractivity contribution in [1.29, 1.82) is 0 Å². The lowest BCUT2D eigenvalue weighted by molar-refractivity contribution is 0.129. The topological polar surface area (TPSA) is 37.4 Å². The molecule has 1 aromatic carbocycles.